The molecule has 0 heterocycles. The molecule has 1 aromatic carbocycles. The summed E-state index contributed by atoms with van der Waals surface area (Å²) in [5, 5.41) is 6.39. The van der Waals surface area contributed by atoms with Crippen LogP contribution in [0.5, 0.6) is 0 Å². The van der Waals surface area contributed by atoms with Crippen molar-refractivity contribution >= 4 is 11.6 Å². The normalized spacial score (nSPS) is 13.0. The van der Waals surface area contributed by atoms with Crippen LogP contribution in [0.1, 0.15) is 53.1 Å². The lowest BCUT2D eigenvalue weighted by molar-refractivity contribution is -0.114. The van der Waals surface area contributed by atoms with E-state index >= 15 is 0 Å². The highest BCUT2D eigenvalue weighted by atomic mass is 16.1. The molecule has 22 heavy (non-hydrogen) atoms. The molecule has 0 aliphatic heterocycles. The topological polar surface area (TPSA) is 44.4 Å². The highest BCUT2D eigenvalue weighted by Gasteiger charge is 2.13. The van der Waals surface area contributed by atoms with Crippen LogP contribution in [-0.2, 0) is 4.79 Å². The van der Waals surface area contributed by atoms with Gasteiger partial charge in [0.25, 0.3) is 0 Å². The molecule has 0 saturated heterocycles. The third-order valence-electron chi connectivity index (χ3n) is 3.85. The van der Waals surface area contributed by atoms with Crippen molar-refractivity contribution in [3.05, 3.63) is 29.8 Å². The minimum absolute atomic E-state index is 0.0396. The van der Waals surface area contributed by atoms with Gasteiger partial charge in [0.15, 0.2) is 0 Å². The maximum atomic E-state index is 11.1. The molecule has 1 rings (SSSR count). The Kier molecular flexibility index (Phi) is 7.56. The molecule has 4 nitrogen and oxygen atoms in total. The number of carbonyl (C=O) groups is 1. The largest absolute Gasteiger partial charge is 0.326 e. The van der Waals surface area contributed by atoms with Gasteiger partial charge in [-0.25, -0.2) is 0 Å². The Morgan fingerprint density at radius 3 is 2.32 bits per heavy atom. The molecule has 1 unspecified atom stereocenters. The molecule has 0 spiro atoms. The first kappa shape index (κ1) is 18.7. The fourth-order valence-electron chi connectivity index (χ4n) is 2.73. The van der Waals surface area contributed by atoms with Crippen LogP contribution in [0.15, 0.2) is 24.3 Å². The molecular weight excluding hydrogens is 274 g/mol. The number of carbonyl (C=O) groups excluding carboxylic acids is 1. The van der Waals surface area contributed by atoms with Crippen LogP contribution in [-0.4, -0.2) is 36.0 Å². The lowest BCUT2D eigenvalue weighted by Crippen LogP contribution is -2.41. The van der Waals surface area contributed by atoms with E-state index in [2.05, 4.69) is 56.2 Å². The van der Waals surface area contributed by atoms with Gasteiger partial charge in [-0.15, -0.1) is 0 Å². The monoisotopic (exact) mass is 305 g/mol. The average molecular weight is 305 g/mol. The predicted octanol–water partition coefficient (Wildman–Crippen LogP) is 3.41. The van der Waals surface area contributed by atoms with Gasteiger partial charge < -0.3 is 10.6 Å². The maximum Gasteiger partial charge on any atom is 0.221 e. The smallest absolute Gasteiger partial charge is 0.221 e. The van der Waals surface area contributed by atoms with Gasteiger partial charge in [0.2, 0.25) is 5.91 Å². The van der Waals surface area contributed by atoms with E-state index in [0.717, 1.165) is 18.8 Å². The van der Waals surface area contributed by atoms with Gasteiger partial charge in [-0.3, -0.25) is 9.69 Å². The summed E-state index contributed by atoms with van der Waals surface area (Å²) in [7, 11) is 0. The zero-order valence-electron chi connectivity index (χ0n) is 14.8. The number of hydrogen-bond acceptors (Lipinski definition) is 3. The number of hydrogen-bond donors (Lipinski definition) is 2. The van der Waals surface area contributed by atoms with Crippen LogP contribution in [0.2, 0.25) is 0 Å². The summed E-state index contributed by atoms with van der Waals surface area (Å²) in [4.78, 5) is 13.6. The molecule has 0 aliphatic carbocycles. The highest BCUT2D eigenvalue weighted by molar-refractivity contribution is 5.88. The Hall–Kier alpha value is -1.39. The number of anilines is 1. The molecule has 1 atom stereocenters. The molecular formula is C18H31N3O. The van der Waals surface area contributed by atoms with Crippen molar-refractivity contribution in [1.29, 1.82) is 0 Å². The number of benzene rings is 1. The Morgan fingerprint density at radius 1 is 1.14 bits per heavy atom. The molecule has 0 bridgehead atoms. The van der Waals surface area contributed by atoms with E-state index in [1.165, 1.54) is 12.5 Å². The molecule has 0 saturated carbocycles. The van der Waals surface area contributed by atoms with Crippen LogP contribution in [0.4, 0.5) is 5.69 Å². The fraction of sp³-hybridized carbons (Fsp3) is 0.611. The Morgan fingerprint density at radius 2 is 1.77 bits per heavy atom. The van der Waals surface area contributed by atoms with Gasteiger partial charge in [0.05, 0.1) is 0 Å². The van der Waals surface area contributed by atoms with Crippen molar-refractivity contribution in [3.8, 4) is 0 Å². The number of amides is 1. The van der Waals surface area contributed by atoms with Crippen molar-refractivity contribution < 1.29 is 4.79 Å². The Balaban J connectivity index is 2.54. The second-order valence-electron chi connectivity index (χ2n) is 6.41. The maximum absolute atomic E-state index is 11.1. The van der Waals surface area contributed by atoms with Crippen LogP contribution in [0.25, 0.3) is 0 Å². The van der Waals surface area contributed by atoms with E-state index in [9.17, 15) is 4.79 Å². The SMILES string of the molecule is CC(=O)Nc1cccc(C(C)NCCN(C(C)C)C(C)C)c1. The summed E-state index contributed by atoms with van der Waals surface area (Å²) >= 11 is 0. The van der Waals surface area contributed by atoms with Crippen molar-refractivity contribution in [1.82, 2.24) is 10.2 Å². The number of nitrogens with zero attached hydrogens (tertiary/aromatic N) is 1. The highest BCUT2D eigenvalue weighted by Crippen LogP contribution is 2.17. The first-order valence-electron chi connectivity index (χ1n) is 8.18. The summed E-state index contributed by atoms with van der Waals surface area (Å²) < 4.78 is 0. The quantitative estimate of drug-likeness (QED) is 0.773. The zero-order valence-corrected chi connectivity index (χ0v) is 14.8. The van der Waals surface area contributed by atoms with Crippen molar-refractivity contribution in [2.24, 2.45) is 0 Å². The van der Waals surface area contributed by atoms with Gasteiger partial charge in [-0.1, -0.05) is 12.1 Å². The van der Waals surface area contributed by atoms with Crippen LogP contribution >= 0.6 is 0 Å². The molecule has 1 aromatic rings. The minimum atomic E-state index is -0.0396. The van der Waals surface area contributed by atoms with Crippen molar-refractivity contribution in [2.75, 3.05) is 18.4 Å². The van der Waals surface area contributed by atoms with Crippen LogP contribution < -0.4 is 10.6 Å². The molecule has 0 radical (unpaired) electrons. The standard InChI is InChI=1S/C18H31N3O/c1-13(2)21(14(3)4)11-10-19-15(5)17-8-7-9-18(12-17)20-16(6)22/h7-9,12-15,19H,10-11H2,1-6H3,(H,20,22). The summed E-state index contributed by atoms with van der Waals surface area (Å²) in [6.07, 6.45) is 0. The van der Waals surface area contributed by atoms with Gasteiger partial charge >= 0.3 is 0 Å². The summed E-state index contributed by atoms with van der Waals surface area (Å²) in [6.45, 7) is 14.6. The molecule has 4 heteroatoms. The van der Waals surface area contributed by atoms with E-state index in [0.29, 0.717) is 12.1 Å². The average Bonchev–Trinajstić information content (AvgIpc) is 2.42. The summed E-state index contributed by atoms with van der Waals surface area (Å²) in [5.74, 6) is -0.0396. The van der Waals surface area contributed by atoms with E-state index in [-0.39, 0.29) is 11.9 Å². The molecule has 0 aliphatic rings. The second kappa shape index (κ2) is 8.91. The lowest BCUT2D eigenvalue weighted by Gasteiger charge is -2.31. The lowest BCUT2D eigenvalue weighted by atomic mass is 10.1. The third kappa shape index (κ3) is 6.16. The second-order valence-corrected chi connectivity index (χ2v) is 6.41. The Bertz CT molecular complexity index is 463. The van der Waals surface area contributed by atoms with Crippen molar-refractivity contribution in [3.63, 3.8) is 0 Å². The molecule has 0 aromatic heterocycles. The van der Waals surface area contributed by atoms with Crippen LogP contribution in [0, 0.1) is 0 Å². The Labute approximate surface area is 135 Å². The number of rotatable bonds is 8. The first-order chi connectivity index (χ1) is 10.3. The van der Waals surface area contributed by atoms with Gasteiger partial charge in [0.1, 0.15) is 0 Å². The zero-order chi connectivity index (χ0) is 16.7. The molecule has 0 fully saturated rings. The predicted molar refractivity (Wildman–Crippen MR) is 94.1 cm³/mol. The summed E-state index contributed by atoms with van der Waals surface area (Å²) in [6, 6.07) is 9.38. The third-order valence-corrected chi connectivity index (χ3v) is 3.85. The van der Waals surface area contributed by atoms with E-state index in [1.54, 1.807) is 0 Å². The summed E-state index contributed by atoms with van der Waals surface area (Å²) in [5.41, 5.74) is 2.04. The minimum Gasteiger partial charge on any atom is -0.326 e. The van der Waals surface area contributed by atoms with E-state index < -0.39 is 0 Å². The number of nitrogens with one attached hydrogen (secondary N) is 2. The van der Waals surface area contributed by atoms with Gasteiger partial charge in [0, 0.05) is 43.8 Å². The van der Waals surface area contributed by atoms with Gasteiger partial charge in [-0.2, -0.15) is 0 Å². The van der Waals surface area contributed by atoms with E-state index in [1.807, 2.05) is 18.2 Å². The van der Waals surface area contributed by atoms with E-state index in [4.69, 9.17) is 0 Å². The van der Waals surface area contributed by atoms with Gasteiger partial charge in [-0.05, 0) is 52.3 Å². The van der Waals surface area contributed by atoms with Crippen LogP contribution in [0.3, 0.4) is 0 Å². The fourth-order valence-corrected chi connectivity index (χ4v) is 2.73. The molecule has 124 valence electrons. The first-order valence-corrected chi connectivity index (χ1v) is 8.18. The molecule has 2 N–H and O–H groups in total. The van der Waals surface area contributed by atoms with Crippen molar-refractivity contribution in [2.45, 2.75) is 59.7 Å². The molecule has 1 amide bonds.